The molecule has 0 saturated carbocycles. The van der Waals surface area contributed by atoms with Gasteiger partial charge >= 0.3 is 0 Å². The first-order valence-electron chi connectivity index (χ1n) is 9.51. The Morgan fingerprint density at radius 3 is 2.29 bits per heavy atom. The zero-order valence-corrected chi connectivity index (χ0v) is 15.4. The maximum atomic E-state index is 12.8. The molecule has 2 aliphatic rings. The summed E-state index contributed by atoms with van der Waals surface area (Å²) in [6.07, 6.45) is 6.19. The second kappa shape index (κ2) is 7.54. The third kappa shape index (κ3) is 3.90. The molecule has 0 unspecified atom stereocenters. The fourth-order valence-corrected chi connectivity index (χ4v) is 4.05. The molecule has 0 aliphatic carbocycles. The Bertz CT molecular complexity index is 539. The van der Waals surface area contributed by atoms with Gasteiger partial charge in [-0.2, -0.15) is 0 Å². The first kappa shape index (κ1) is 17.2. The van der Waals surface area contributed by atoms with Crippen LogP contribution in [0.15, 0.2) is 18.3 Å². The molecular formula is C20H31N3O. The highest BCUT2D eigenvalue weighted by Crippen LogP contribution is 2.28. The number of pyridine rings is 1. The van der Waals surface area contributed by atoms with Gasteiger partial charge < -0.3 is 9.80 Å². The van der Waals surface area contributed by atoms with E-state index in [0.29, 0.717) is 5.91 Å². The lowest BCUT2D eigenvalue weighted by Gasteiger charge is -2.38. The average Bonchev–Trinajstić information content (AvgIpc) is 2.62. The number of likely N-dealkylation sites (tertiary alicyclic amines) is 1. The molecule has 2 fully saturated rings. The van der Waals surface area contributed by atoms with E-state index in [1.165, 1.54) is 18.4 Å². The van der Waals surface area contributed by atoms with Crippen molar-refractivity contribution in [3.63, 3.8) is 0 Å². The van der Waals surface area contributed by atoms with Crippen LogP contribution in [0.2, 0.25) is 0 Å². The van der Waals surface area contributed by atoms with Gasteiger partial charge in [-0.1, -0.05) is 19.9 Å². The number of hydrogen-bond donors (Lipinski definition) is 0. The Labute approximate surface area is 146 Å². The second-order valence-electron chi connectivity index (χ2n) is 7.86. The third-order valence-corrected chi connectivity index (χ3v) is 5.86. The number of carbonyl (C=O) groups excluding carboxylic acids is 1. The molecule has 1 aromatic heterocycles. The summed E-state index contributed by atoms with van der Waals surface area (Å²) < 4.78 is 0. The molecule has 0 aromatic carbocycles. The van der Waals surface area contributed by atoms with Crippen molar-refractivity contribution < 1.29 is 4.79 Å². The molecule has 0 atom stereocenters. The Hall–Kier alpha value is -1.58. The fraction of sp³-hybridized carbons (Fsp3) is 0.700. The minimum Gasteiger partial charge on any atom is -0.357 e. The summed E-state index contributed by atoms with van der Waals surface area (Å²) in [5.41, 5.74) is 1.19. The van der Waals surface area contributed by atoms with Crippen molar-refractivity contribution in [1.29, 1.82) is 0 Å². The predicted octanol–water partition coefficient (Wildman–Crippen LogP) is 3.50. The molecule has 2 saturated heterocycles. The van der Waals surface area contributed by atoms with Crippen LogP contribution in [-0.2, 0) is 4.79 Å². The van der Waals surface area contributed by atoms with Crippen molar-refractivity contribution in [2.45, 2.75) is 46.5 Å². The number of aryl methyl sites for hydroxylation is 1. The number of aromatic nitrogens is 1. The molecule has 0 bridgehead atoms. The molecule has 0 spiro atoms. The summed E-state index contributed by atoms with van der Waals surface area (Å²) in [4.78, 5) is 21.8. The lowest BCUT2D eigenvalue weighted by atomic mass is 9.86. The van der Waals surface area contributed by atoms with E-state index >= 15 is 0 Å². The Balaban J connectivity index is 1.49. The van der Waals surface area contributed by atoms with Gasteiger partial charge in [0, 0.05) is 38.3 Å². The standard InChI is InChI=1S/C20H31N3O/c1-15(2)17-6-12-23(13-7-17)20(24)18-8-10-22(11-9-18)19-5-4-16(3)14-21-19/h4-5,14-15,17-18H,6-13H2,1-3H3. The summed E-state index contributed by atoms with van der Waals surface area (Å²) >= 11 is 0. The van der Waals surface area contributed by atoms with Gasteiger partial charge in [-0.3, -0.25) is 4.79 Å². The number of amides is 1. The van der Waals surface area contributed by atoms with Crippen molar-refractivity contribution in [3.8, 4) is 0 Å². The first-order valence-corrected chi connectivity index (χ1v) is 9.51. The van der Waals surface area contributed by atoms with Crippen LogP contribution in [0.3, 0.4) is 0 Å². The van der Waals surface area contributed by atoms with E-state index in [0.717, 1.165) is 56.7 Å². The van der Waals surface area contributed by atoms with Crippen molar-refractivity contribution in [1.82, 2.24) is 9.88 Å². The van der Waals surface area contributed by atoms with Crippen molar-refractivity contribution >= 4 is 11.7 Å². The predicted molar refractivity (Wildman–Crippen MR) is 98.1 cm³/mol. The number of hydrogen-bond acceptors (Lipinski definition) is 3. The lowest BCUT2D eigenvalue weighted by Crippen LogP contribution is -2.46. The zero-order chi connectivity index (χ0) is 17.1. The Morgan fingerprint density at radius 2 is 1.75 bits per heavy atom. The maximum absolute atomic E-state index is 12.8. The summed E-state index contributed by atoms with van der Waals surface area (Å²) in [5, 5.41) is 0. The van der Waals surface area contributed by atoms with E-state index < -0.39 is 0 Å². The smallest absolute Gasteiger partial charge is 0.225 e. The van der Waals surface area contributed by atoms with Gasteiger partial charge in [0.1, 0.15) is 5.82 Å². The average molecular weight is 329 g/mol. The van der Waals surface area contributed by atoms with Crippen molar-refractivity contribution in [2.75, 3.05) is 31.1 Å². The molecule has 1 amide bonds. The maximum Gasteiger partial charge on any atom is 0.225 e. The minimum atomic E-state index is 0.210. The monoisotopic (exact) mass is 329 g/mol. The van der Waals surface area contributed by atoms with Crippen LogP contribution in [0.25, 0.3) is 0 Å². The molecule has 3 heterocycles. The molecular weight excluding hydrogens is 298 g/mol. The second-order valence-corrected chi connectivity index (χ2v) is 7.86. The first-order chi connectivity index (χ1) is 11.5. The molecule has 132 valence electrons. The van der Waals surface area contributed by atoms with E-state index in [1.54, 1.807) is 0 Å². The summed E-state index contributed by atoms with van der Waals surface area (Å²) in [5.74, 6) is 3.19. The minimum absolute atomic E-state index is 0.210. The van der Waals surface area contributed by atoms with E-state index in [1.807, 2.05) is 6.20 Å². The summed E-state index contributed by atoms with van der Waals surface area (Å²) in [7, 11) is 0. The summed E-state index contributed by atoms with van der Waals surface area (Å²) in [6, 6.07) is 4.20. The van der Waals surface area contributed by atoms with E-state index in [4.69, 9.17) is 0 Å². The largest absolute Gasteiger partial charge is 0.357 e. The van der Waals surface area contributed by atoms with Crippen molar-refractivity contribution in [3.05, 3.63) is 23.9 Å². The number of piperidine rings is 2. The van der Waals surface area contributed by atoms with Crippen molar-refractivity contribution in [2.24, 2.45) is 17.8 Å². The van der Waals surface area contributed by atoms with Gasteiger partial charge in [-0.15, -0.1) is 0 Å². The highest BCUT2D eigenvalue weighted by atomic mass is 16.2. The fourth-order valence-electron chi connectivity index (χ4n) is 4.05. The number of rotatable bonds is 3. The van der Waals surface area contributed by atoms with Crippen LogP contribution in [0.5, 0.6) is 0 Å². The molecule has 3 rings (SSSR count). The van der Waals surface area contributed by atoms with Crippen LogP contribution >= 0.6 is 0 Å². The Kier molecular flexibility index (Phi) is 5.42. The van der Waals surface area contributed by atoms with Crippen LogP contribution in [0.1, 0.15) is 45.1 Å². The van der Waals surface area contributed by atoms with Gasteiger partial charge in [0.25, 0.3) is 0 Å². The van der Waals surface area contributed by atoms with Gasteiger partial charge in [-0.05, 0) is 56.1 Å². The van der Waals surface area contributed by atoms with E-state index in [2.05, 4.69) is 47.7 Å². The zero-order valence-electron chi connectivity index (χ0n) is 15.4. The molecule has 4 heteroatoms. The van der Waals surface area contributed by atoms with Gasteiger partial charge in [-0.25, -0.2) is 4.98 Å². The third-order valence-electron chi connectivity index (χ3n) is 5.86. The summed E-state index contributed by atoms with van der Waals surface area (Å²) in [6.45, 7) is 10.5. The SMILES string of the molecule is Cc1ccc(N2CCC(C(=O)N3CCC(C(C)C)CC3)CC2)nc1. The Morgan fingerprint density at radius 1 is 1.08 bits per heavy atom. The lowest BCUT2D eigenvalue weighted by molar-refractivity contribution is -0.137. The number of carbonyl (C=O) groups is 1. The van der Waals surface area contributed by atoms with Crippen LogP contribution in [0, 0.1) is 24.7 Å². The quantitative estimate of drug-likeness (QED) is 0.851. The highest BCUT2D eigenvalue weighted by Gasteiger charge is 2.31. The molecule has 1 aromatic rings. The number of anilines is 1. The molecule has 0 radical (unpaired) electrons. The highest BCUT2D eigenvalue weighted by molar-refractivity contribution is 5.79. The van der Waals surface area contributed by atoms with Crippen LogP contribution < -0.4 is 4.90 Å². The molecule has 2 aliphatic heterocycles. The van der Waals surface area contributed by atoms with Crippen LogP contribution in [-0.4, -0.2) is 42.0 Å². The van der Waals surface area contributed by atoms with Gasteiger partial charge in [0.05, 0.1) is 0 Å². The molecule has 4 nitrogen and oxygen atoms in total. The van der Waals surface area contributed by atoms with Gasteiger partial charge in [0.2, 0.25) is 5.91 Å². The van der Waals surface area contributed by atoms with Gasteiger partial charge in [0.15, 0.2) is 0 Å². The van der Waals surface area contributed by atoms with E-state index in [-0.39, 0.29) is 5.92 Å². The molecule has 24 heavy (non-hydrogen) atoms. The van der Waals surface area contributed by atoms with E-state index in [9.17, 15) is 4.79 Å². The molecule has 0 N–H and O–H groups in total. The number of nitrogens with zero attached hydrogens (tertiary/aromatic N) is 3. The normalized spacial score (nSPS) is 20.7. The van der Waals surface area contributed by atoms with Crippen LogP contribution in [0.4, 0.5) is 5.82 Å². The topological polar surface area (TPSA) is 36.4 Å².